The third-order valence-electron chi connectivity index (χ3n) is 2.73. The number of carbonyl (C=O) groups excluding carboxylic acids is 1. The minimum atomic E-state index is -0.0998. The van der Waals surface area contributed by atoms with Crippen LogP contribution in [0.1, 0.15) is 12.8 Å². The first kappa shape index (κ1) is 13.7. The molecular formula is C11H16ClN3O2. The van der Waals surface area contributed by atoms with Crippen LogP contribution in [0.5, 0.6) is 0 Å². The molecule has 17 heavy (non-hydrogen) atoms. The molecule has 2 N–H and O–H groups in total. The van der Waals surface area contributed by atoms with Gasteiger partial charge in [0.25, 0.3) is 0 Å². The van der Waals surface area contributed by atoms with Crippen molar-refractivity contribution in [3.8, 4) is 0 Å². The summed E-state index contributed by atoms with van der Waals surface area (Å²) in [7, 11) is 1.66. The lowest BCUT2D eigenvalue weighted by molar-refractivity contribution is -0.117. The van der Waals surface area contributed by atoms with Crippen molar-refractivity contribution >= 4 is 24.0 Å². The topological polar surface area (TPSA) is 63.1 Å². The third kappa shape index (κ3) is 3.31. The molecule has 1 amide bonds. The Kier molecular flexibility index (Phi) is 4.72. The maximum atomic E-state index is 11.7. The average Bonchev–Trinajstić information content (AvgIpc) is 2.77. The van der Waals surface area contributed by atoms with E-state index in [0.29, 0.717) is 5.69 Å². The zero-order valence-electron chi connectivity index (χ0n) is 9.60. The summed E-state index contributed by atoms with van der Waals surface area (Å²) in [6, 6.07) is 2.96. The van der Waals surface area contributed by atoms with Gasteiger partial charge in [-0.25, -0.2) is 0 Å². The van der Waals surface area contributed by atoms with E-state index >= 15 is 0 Å². The Morgan fingerprint density at radius 1 is 1.53 bits per heavy atom. The number of aryl methyl sites for hydroxylation is 1. The van der Waals surface area contributed by atoms with Crippen molar-refractivity contribution in [2.24, 2.45) is 7.05 Å². The van der Waals surface area contributed by atoms with Gasteiger partial charge < -0.3 is 15.2 Å². The molecule has 2 heterocycles. The molecule has 1 aliphatic rings. The first-order valence-corrected chi connectivity index (χ1v) is 5.38. The predicted octanol–water partition coefficient (Wildman–Crippen LogP) is 0.498. The maximum absolute atomic E-state index is 11.7. The van der Waals surface area contributed by atoms with Gasteiger partial charge in [-0.1, -0.05) is 0 Å². The Hall–Kier alpha value is -1.33. The monoisotopic (exact) mass is 257 g/mol. The zero-order chi connectivity index (χ0) is 11.5. The molecule has 94 valence electrons. The fourth-order valence-corrected chi connectivity index (χ4v) is 1.81. The fraction of sp³-hybridized carbons (Fsp3) is 0.455. The van der Waals surface area contributed by atoms with Crippen LogP contribution in [-0.2, 0) is 11.8 Å². The Labute approximate surface area is 106 Å². The second-order valence-corrected chi connectivity index (χ2v) is 4.01. The summed E-state index contributed by atoms with van der Waals surface area (Å²) in [6.45, 7) is 0.894. The van der Waals surface area contributed by atoms with E-state index in [0.717, 1.165) is 19.4 Å². The Bertz CT molecular complexity index is 452. The highest BCUT2D eigenvalue weighted by Gasteiger charge is 2.21. The molecule has 1 atom stereocenters. The molecule has 6 heteroatoms. The van der Waals surface area contributed by atoms with Crippen LogP contribution < -0.4 is 16.2 Å². The van der Waals surface area contributed by atoms with E-state index in [1.165, 1.54) is 10.6 Å². The van der Waals surface area contributed by atoms with Crippen LogP contribution in [0.2, 0.25) is 0 Å². The number of nitrogens with one attached hydrogen (secondary N) is 2. The van der Waals surface area contributed by atoms with Crippen LogP contribution in [0.3, 0.4) is 0 Å². The van der Waals surface area contributed by atoms with Crippen LogP contribution in [0.25, 0.3) is 0 Å². The van der Waals surface area contributed by atoms with Crippen molar-refractivity contribution in [2.45, 2.75) is 18.9 Å². The summed E-state index contributed by atoms with van der Waals surface area (Å²) >= 11 is 0. The third-order valence-corrected chi connectivity index (χ3v) is 2.73. The van der Waals surface area contributed by atoms with Gasteiger partial charge in [0.15, 0.2) is 0 Å². The lowest BCUT2D eigenvalue weighted by Crippen LogP contribution is -2.35. The SMILES string of the molecule is Cl.Cn1cc(NC(=O)[C@@H]2CCCN2)ccc1=O. The maximum Gasteiger partial charge on any atom is 0.250 e. The minimum absolute atomic E-state index is 0. The standard InChI is InChI=1S/C11H15N3O2.ClH/c1-14-7-8(4-5-10(14)15)13-11(16)9-3-2-6-12-9;/h4-5,7,9,12H,2-3,6H2,1H3,(H,13,16);1H/t9-;/m0./s1. The van der Waals surface area contributed by atoms with Crippen molar-refractivity contribution < 1.29 is 4.79 Å². The number of hydrogen-bond acceptors (Lipinski definition) is 3. The Morgan fingerprint density at radius 2 is 2.29 bits per heavy atom. The Morgan fingerprint density at radius 3 is 2.88 bits per heavy atom. The average molecular weight is 258 g/mol. The molecule has 0 aliphatic carbocycles. The molecule has 0 saturated carbocycles. The van der Waals surface area contributed by atoms with Gasteiger partial charge in [-0.2, -0.15) is 0 Å². The molecular weight excluding hydrogens is 242 g/mol. The first-order chi connectivity index (χ1) is 7.66. The number of halogens is 1. The number of amides is 1. The van der Waals surface area contributed by atoms with Gasteiger partial charge >= 0.3 is 0 Å². The van der Waals surface area contributed by atoms with Crippen molar-refractivity contribution in [3.05, 3.63) is 28.7 Å². The highest BCUT2D eigenvalue weighted by atomic mass is 35.5. The van der Waals surface area contributed by atoms with Crippen LogP contribution in [0.15, 0.2) is 23.1 Å². The van der Waals surface area contributed by atoms with E-state index < -0.39 is 0 Å². The van der Waals surface area contributed by atoms with Crippen molar-refractivity contribution in [2.75, 3.05) is 11.9 Å². The number of pyridine rings is 1. The Balaban J connectivity index is 0.00000144. The summed E-state index contributed by atoms with van der Waals surface area (Å²) in [5.74, 6) is -0.0313. The van der Waals surface area contributed by atoms with E-state index in [1.807, 2.05) is 0 Å². The van der Waals surface area contributed by atoms with E-state index in [1.54, 1.807) is 19.3 Å². The number of carbonyl (C=O) groups is 1. The van der Waals surface area contributed by atoms with Gasteiger partial charge in [0.2, 0.25) is 11.5 Å². The predicted molar refractivity (Wildman–Crippen MR) is 68.6 cm³/mol. The van der Waals surface area contributed by atoms with Crippen LogP contribution in [0, 0.1) is 0 Å². The lowest BCUT2D eigenvalue weighted by Gasteiger charge is -2.11. The van der Waals surface area contributed by atoms with Crippen LogP contribution >= 0.6 is 12.4 Å². The summed E-state index contributed by atoms with van der Waals surface area (Å²) in [4.78, 5) is 22.9. The van der Waals surface area contributed by atoms with E-state index in [-0.39, 0.29) is 29.9 Å². The van der Waals surface area contributed by atoms with Crippen molar-refractivity contribution in [1.29, 1.82) is 0 Å². The van der Waals surface area contributed by atoms with Gasteiger partial charge in [0, 0.05) is 19.3 Å². The van der Waals surface area contributed by atoms with E-state index in [4.69, 9.17) is 0 Å². The van der Waals surface area contributed by atoms with Gasteiger partial charge in [-0.3, -0.25) is 9.59 Å². The lowest BCUT2D eigenvalue weighted by atomic mass is 10.2. The molecule has 1 fully saturated rings. The molecule has 0 unspecified atom stereocenters. The number of hydrogen-bond donors (Lipinski definition) is 2. The first-order valence-electron chi connectivity index (χ1n) is 5.38. The quantitative estimate of drug-likeness (QED) is 0.811. The van der Waals surface area contributed by atoms with Crippen molar-refractivity contribution in [3.63, 3.8) is 0 Å². The fourth-order valence-electron chi connectivity index (χ4n) is 1.81. The van der Waals surface area contributed by atoms with E-state index in [2.05, 4.69) is 10.6 Å². The number of anilines is 1. The summed E-state index contributed by atoms with van der Waals surface area (Å²) < 4.78 is 1.44. The number of nitrogens with zero attached hydrogens (tertiary/aromatic N) is 1. The van der Waals surface area contributed by atoms with Crippen LogP contribution in [0.4, 0.5) is 5.69 Å². The molecule has 0 aromatic carbocycles. The van der Waals surface area contributed by atoms with E-state index in [9.17, 15) is 9.59 Å². The van der Waals surface area contributed by atoms with Gasteiger partial charge in [0.05, 0.1) is 11.7 Å². The van der Waals surface area contributed by atoms with Gasteiger partial charge in [-0.05, 0) is 25.5 Å². The smallest absolute Gasteiger partial charge is 0.250 e. The molecule has 1 aromatic heterocycles. The number of aromatic nitrogens is 1. The molecule has 1 aliphatic heterocycles. The molecule has 2 rings (SSSR count). The highest BCUT2D eigenvalue weighted by molar-refractivity contribution is 5.94. The van der Waals surface area contributed by atoms with Crippen molar-refractivity contribution in [1.82, 2.24) is 9.88 Å². The number of rotatable bonds is 2. The molecule has 1 saturated heterocycles. The molecule has 0 radical (unpaired) electrons. The summed E-state index contributed by atoms with van der Waals surface area (Å²) in [6.07, 6.45) is 3.53. The summed E-state index contributed by atoms with van der Waals surface area (Å²) in [5.41, 5.74) is 0.567. The molecule has 0 bridgehead atoms. The second kappa shape index (κ2) is 5.84. The van der Waals surface area contributed by atoms with Gasteiger partial charge in [-0.15, -0.1) is 12.4 Å². The van der Waals surface area contributed by atoms with Crippen LogP contribution in [-0.4, -0.2) is 23.1 Å². The largest absolute Gasteiger partial charge is 0.323 e. The molecule has 5 nitrogen and oxygen atoms in total. The zero-order valence-corrected chi connectivity index (χ0v) is 10.4. The second-order valence-electron chi connectivity index (χ2n) is 4.01. The van der Waals surface area contributed by atoms with Gasteiger partial charge in [0.1, 0.15) is 0 Å². The molecule has 1 aromatic rings. The minimum Gasteiger partial charge on any atom is -0.323 e. The summed E-state index contributed by atoms with van der Waals surface area (Å²) in [5, 5.41) is 5.91. The molecule has 0 spiro atoms. The normalized spacial score (nSPS) is 18.5. The highest BCUT2D eigenvalue weighted by Crippen LogP contribution is 2.09.